The molecule has 1 aromatic heterocycles. The quantitative estimate of drug-likeness (QED) is 0.565. The molecule has 0 unspecified atom stereocenters. The fraction of sp³-hybridized carbons (Fsp3) is 0.481. The van der Waals surface area contributed by atoms with Crippen LogP contribution in [0, 0.1) is 5.92 Å². The third-order valence-corrected chi connectivity index (χ3v) is 7.35. The maximum atomic E-state index is 13.0. The lowest BCUT2D eigenvalue weighted by molar-refractivity contribution is -0.138. The van der Waals surface area contributed by atoms with Crippen LogP contribution in [0.3, 0.4) is 0 Å². The highest BCUT2D eigenvalue weighted by atomic mass is 16.5. The number of piperazine rings is 1. The molecule has 0 spiro atoms. The van der Waals surface area contributed by atoms with E-state index in [1.807, 2.05) is 18.2 Å². The second-order valence-electron chi connectivity index (χ2n) is 9.63. The molecule has 0 N–H and O–H groups in total. The van der Waals surface area contributed by atoms with Gasteiger partial charge in [0.2, 0.25) is 5.91 Å². The highest BCUT2D eigenvalue weighted by Crippen LogP contribution is 2.24. The highest BCUT2D eigenvalue weighted by molar-refractivity contribution is 5.79. The molecule has 0 saturated carbocycles. The van der Waals surface area contributed by atoms with Crippen LogP contribution in [-0.4, -0.2) is 83.6 Å². The predicted molar refractivity (Wildman–Crippen MR) is 134 cm³/mol. The molecule has 0 bridgehead atoms. The number of imidazole rings is 1. The van der Waals surface area contributed by atoms with Gasteiger partial charge in [-0.1, -0.05) is 24.3 Å². The molecule has 7 nitrogen and oxygen atoms in total. The summed E-state index contributed by atoms with van der Waals surface area (Å²) >= 11 is 0. The number of hydrogen-bond acceptors (Lipinski definition) is 5. The van der Waals surface area contributed by atoms with Crippen molar-refractivity contribution in [3.63, 3.8) is 0 Å². The zero-order valence-electron chi connectivity index (χ0n) is 20.3. The van der Waals surface area contributed by atoms with Crippen LogP contribution in [0.1, 0.15) is 24.2 Å². The van der Waals surface area contributed by atoms with Gasteiger partial charge in [0.1, 0.15) is 11.6 Å². The summed E-state index contributed by atoms with van der Waals surface area (Å²) in [5, 5.41) is 0. The van der Waals surface area contributed by atoms with Gasteiger partial charge < -0.3 is 19.1 Å². The summed E-state index contributed by atoms with van der Waals surface area (Å²) in [6, 6.07) is 16.6. The third kappa shape index (κ3) is 4.95. The Morgan fingerprint density at radius 3 is 2.35 bits per heavy atom. The number of hydrogen-bond donors (Lipinski definition) is 0. The lowest BCUT2D eigenvalue weighted by atomic mass is 9.95. The van der Waals surface area contributed by atoms with Crippen LogP contribution in [0.5, 0.6) is 5.75 Å². The number of carbonyl (C=O) groups is 1. The second-order valence-corrected chi connectivity index (χ2v) is 9.63. The average Bonchev–Trinajstić information content (AvgIpc) is 3.21. The number of amides is 1. The molecule has 0 atom stereocenters. The van der Waals surface area contributed by atoms with E-state index in [0.29, 0.717) is 5.91 Å². The first-order valence-electron chi connectivity index (χ1n) is 12.4. The topological polar surface area (TPSA) is 53.8 Å². The number of carbonyl (C=O) groups excluding carboxylic acids is 1. The van der Waals surface area contributed by atoms with Crippen LogP contribution in [0.2, 0.25) is 0 Å². The molecule has 2 aliphatic heterocycles. The van der Waals surface area contributed by atoms with E-state index in [-0.39, 0.29) is 5.92 Å². The fourth-order valence-electron chi connectivity index (χ4n) is 5.16. The van der Waals surface area contributed by atoms with E-state index >= 15 is 0 Å². The SMILES string of the molecule is COc1ccc(Cn2c(CN3CCC(C(=O)N4CCN(C)CC4)CC3)nc3ccccc32)cc1. The molecule has 34 heavy (non-hydrogen) atoms. The van der Waals surface area contributed by atoms with E-state index in [4.69, 9.17) is 9.72 Å². The minimum atomic E-state index is 0.165. The molecule has 3 aromatic rings. The minimum absolute atomic E-state index is 0.165. The Hall–Kier alpha value is -2.90. The summed E-state index contributed by atoms with van der Waals surface area (Å²) in [7, 11) is 3.82. The number of aromatic nitrogens is 2. The number of nitrogens with zero attached hydrogens (tertiary/aromatic N) is 5. The Balaban J connectivity index is 1.26. The molecular weight excluding hydrogens is 426 g/mol. The van der Waals surface area contributed by atoms with Gasteiger partial charge in [0.15, 0.2) is 0 Å². The molecular formula is C27H35N5O2. The summed E-state index contributed by atoms with van der Waals surface area (Å²) < 4.78 is 7.64. The number of ether oxygens (including phenoxy) is 1. The van der Waals surface area contributed by atoms with Crippen molar-refractivity contribution in [3.05, 3.63) is 59.9 Å². The van der Waals surface area contributed by atoms with Crippen LogP contribution in [-0.2, 0) is 17.9 Å². The van der Waals surface area contributed by atoms with Crippen molar-refractivity contribution in [2.75, 3.05) is 53.4 Å². The molecule has 5 rings (SSSR count). The predicted octanol–water partition coefficient (Wildman–Crippen LogP) is 3.08. The number of fused-ring (bicyclic) bond motifs is 1. The Kier molecular flexibility index (Phi) is 6.83. The van der Waals surface area contributed by atoms with E-state index in [9.17, 15) is 4.79 Å². The normalized spacial score (nSPS) is 18.5. The van der Waals surface area contributed by atoms with Crippen molar-refractivity contribution in [3.8, 4) is 5.75 Å². The van der Waals surface area contributed by atoms with Crippen molar-refractivity contribution >= 4 is 16.9 Å². The van der Waals surface area contributed by atoms with Gasteiger partial charge in [-0.2, -0.15) is 0 Å². The monoisotopic (exact) mass is 461 g/mol. The van der Waals surface area contributed by atoms with Crippen molar-refractivity contribution in [2.24, 2.45) is 5.92 Å². The van der Waals surface area contributed by atoms with Gasteiger partial charge in [0, 0.05) is 38.6 Å². The number of para-hydroxylation sites is 2. The molecule has 2 aromatic carbocycles. The molecule has 2 aliphatic rings. The Morgan fingerprint density at radius 1 is 0.941 bits per heavy atom. The van der Waals surface area contributed by atoms with Crippen molar-refractivity contribution in [1.29, 1.82) is 0 Å². The maximum Gasteiger partial charge on any atom is 0.225 e. The van der Waals surface area contributed by atoms with E-state index in [1.165, 1.54) is 5.56 Å². The summed E-state index contributed by atoms with van der Waals surface area (Å²) in [4.78, 5) is 24.8. The van der Waals surface area contributed by atoms with Crippen LogP contribution in [0.4, 0.5) is 0 Å². The van der Waals surface area contributed by atoms with Gasteiger partial charge in [-0.15, -0.1) is 0 Å². The number of likely N-dealkylation sites (N-methyl/N-ethyl adjacent to an activating group) is 1. The fourth-order valence-corrected chi connectivity index (χ4v) is 5.16. The van der Waals surface area contributed by atoms with E-state index in [2.05, 4.69) is 56.6 Å². The number of piperidine rings is 1. The van der Waals surface area contributed by atoms with Crippen LogP contribution in [0.25, 0.3) is 11.0 Å². The van der Waals surface area contributed by atoms with Gasteiger partial charge in [0.05, 0.1) is 24.7 Å². The lowest BCUT2D eigenvalue weighted by Crippen LogP contribution is -2.50. The van der Waals surface area contributed by atoms with Crippen LogP contribution >= 0.6 is 0 Å². The highest BCUT2D eigenvalue weighted by Gasteiger charge is 2.30. The average molecular weight is 462 g/mol. The van der Waals surface area contributed by atoms with Crippen molar-refractivity contribution in [1.82, 2.24) is 24.3 Å². The van der Waals surface area contributed by atoms with E-state index in [0.717, 1.165) is 87.8 Å². The summed E-state index contributed by atoms with van der Waals surface area (Å²) in [5.41, 5.74) is 3.42. The molecule has 7 heteroatoms. The van der Waals surface area contributed by atoms with Crippen molar-refractivity contribution in [2.45, 2.75) is 25.9 Å². The standard InChI is InChI=1S/C27H35N5O2/c1-29-15-17-31(18-16-29)27(33)22-11-13-30(14-12-22)20-26-28-24-5-3-4-6-25(24)32(26)19-21-7-9-23(34-2)10-8-21/h3-10,22H,11-20H2,1-2H3. The van der Waals surface area contributed by atoms with Gasteiger partial charge >= 0.3 is 0 Å². The second kappa shape index (κ2) is 10.2. The number of benzene rings is 2. The van der Waals surface area contributed by atoms with Gasteiger partial charge in [-0.05, 0) is 62.8 Å². The zero-order chi connectivity index (χ0) is 23.5. The number of methoxy groups -OCH3 is 1. The van der Waals surface area contributed by atoms with Crippen LogP contribution in [0.15, 0.2) is 48.5 Å². The molecule has 0 radical (unpaired) electrons. The van der Waals surface area contributed by atoms with E-state index in [1.54, 1.807) is 7.11 Å². The molecule has 180 valence electrons. The maximum absolute atomic E-state index is 13.0. The zero-order valence-corrected chi connectivity index (χ0v) is 20.3. The van der Waals surface area contributed by atoms with Crippen molar-refractivity contribution < 1.29 is 9.53 Å². The number of likely N-dealkylation sites (tertiary alicyclic amines) is 1. The van der Waals surface area contributed by atoms with Gasteiger partial charge in [-0.25, -0.2) is 4.98 Å². The van der Waals surface area contributed by atoms with Gasteiger partial charge in [-0.3, -0.25) is 9.69 Å². The molecule has 2 saturated heterocycles. The Morgan fingerprint density at radius 2 is 1.65 bits per heavy atom. The molecule has 2 fully saturated rings. The molecule has 3 heterocycles. The summed E-state index contributed by atoms with van der Waals surface area (Å²) in [6.45, 7) is 7.16. The Bertz CT molecular complexity index is 1110. The minimum Gasteiger partial charge on any atom is -0.497 e. The van der Waals surface area contributed by atoms with Crippen LogP contribution < -0.4 is 4.74 Å². The first kappa shape index (κ1) is 22.9. The Labute approximate surface area is 201 Å². The number of rotatable bonds is 6. The van der Waals surface area contributed by atoms with Gasteiger partial charge in [0.25, 0.3) is 0 Å². The first-order chi connectivity index (χ1) is 16.6. The molecule has 0 aliphatic carbocycles. The third-order valence-electron chi connectivity index (χ3n) is 7.35. The smallest absolute Gasteiger partial charge is 0.225 e. The molecule has 1 amide bonds. The summed E-state index contributed by atoms with van der Waals surface area (Å²) in [5.74, 6) is 2.48. The summed E-state index contributed by atoms with van der Waals surface area (Å²) in [6.07, 6.45) is 1.87. The lowest BCUT2D eigenvalue weighted by Gasteiger charge is -2.37. The first-order valence-corrected chi connectivity index (χ1v) is 12.4. The largest absolute Gasteiger partial charge is 0.497 e. The van der Waals surface area contributed by atoms with E-state index < -0.39 is 0 Å².